The lowest BCUT2D eigenvalue weighted by Crippen LogP contribution is -2.31. The van der Waals surface area contributed by atoms with Crippen molar-refractivity contribution in [2.45, 2.75) is 30.8 Å². The minimum Gasteiger partial charge on any atom is -0.350 e. The molecule has 2 heterocycles. The molecular formula is C23H20FN3O2S2. The maximum atomic E-state index is 14.3. The summed E-state index contributed by atoms with van der Waals surface area (Å²) in [6.45, 7) is 3.87. The van der Waals surface area contributed by atoms with Crippen LogP contribution < -0.4 is 10.9 Å². The number of aryl methyl sites for hydroxylation is 1. The van der Waals surface area contributed by atoms with Gasteiger partial charge in [-0.15, -0.1) is 11.3 Å². The molecule has 1 unspecified atom stereocenters. The van der Waals surface area contributed by atoms with E-state index in [0.717, 1.165) is 4.88 Å². The molecule has 5 nitrogen and oxygen atoms in total. The molecule has 2 aromatic heterocycles. The summed E-state index contributed by atoms with van der Waals surface area (Å²) in [5.41, 5.74) is 1.09. The van der Waals surface area contributed by atoms with Gasteiger partial charge in [-0.3, -0.25) is 14.2 Å². The Bertz CT molecular complexity index is 1300. The van der Waals surface area contributed by atoms with Crippen LogP contribution >= 0.6 is 23.1 Å². The molecule has 8 heteroatoms. The summed E-state index contributed by atoms with van der Waals surface area (Å²) in [5.74, 6) is -0.572. The predicted molar refractivity (Wildman–Crippen MR) is 124 cm³/mol. The van der Waals surface area contributed by atoms with Gasteiger partial charge in [0.25, 0.3) is 5.56 Å². The molecule has 0 aliphatic carbocycles. The van der Waals surface area contributed by atoms with Crippen molar-refractivity contribution in [3.8, 4) is 5.69 Å². The highest BCUT2D eigenvalue weighted by molar-refractivity contribution is 8.00. The zero-order valence-electron chi connectivity index (χ0n) is 17.0. The van der Waals surface area contributed by atoms with Crippen LogP contribution in [0.2, 0.25) is 0 Å². The van der Waals surface area contributed by atoms with Crippen molar-refractivity contribution >= 4 is 39.9 Å². The second-order valence-corrected chi connectivity index (χ2v) is 9.38. The number of halogens is 1. The summed E-state index contributed by atoms with van der Waals surface area (Å²) in [7, 11) is 0. The van der Waals surface area contributed by atoms with Gasteiger partial charge in [0.05, 0.1) is 28.4 Å². The Hall–Kier alpha value is -2.97. The summed E-state index contributed by atoms with van der Waals surface area (Å²) in [6, 6.07) is 15.5. The number of amides is 1. The molecule has 1 N–H and O–H groups in total. The zero-order valence-corrected chi connectivity index (χ0v) is 18.6. The van der Waals surface area contributed by atoms with Crippen molar-refractivity contribution in [3.05, 3.63) is 86.6 Å². The molecule has 0 saturated heterocycles. The van der Waals surface area contributed by atoms with Gasteiger partial charge in [0.15, 0.2) is 5.16 Å². The number of hydrogen-bond donors (Lipinski definition) is 1. The van der Waals surface area contributed by atoms with Gasteiger partial charge in [-0.2, -0.15) is 0 Å². The minimum absolute atomic E-state index is 0.164. The number of rotatable bonds is 6. The molecular weight excluding hydrogens is 433 g/mol. The fourth-order valence-electron chi connectivity index (χ4n) is 3.08. The van der Waals surface area contributed by atoms with Gasteiger partial charge in [-0.05, 0) is 55.1 Å². The number of carbonyl (C=O) groups excluding carboxylic acids is 1. The molecule has 158 valence electrons. The Morgan fingerprint density at radius 2 is 2.03 bits per heavy atom. The smallest absolute Gasteiger partial charge is 0.266 e. The molecule has 0 fully saturated rings. The van der Waals surface area contributed by atoms with Crippen molar-refractivity contribution in [2.75, 3.05) is 0 Å². The van der Waals surface area contributed by atoms with Gasteiger partial charge in [0.2, 0.25) is 5.91 Å². The van der Waals surface area contributed by atoms with Crippen LogP contribution in [0.3, 0.4) is 0 Å². The van der Waals surface area contributed by atoms with E-state index in [1.54, 1.807) is 61.6 Å². The molecule has 0 radical (unpaired) electrons. The number of thiophene rings is 1. The lowest BCUT2D eigenvalue weighted by Gasteiger charge is -2.16. The van der Waals surface area contributed by atoms with E-state index in [9.17, 15) is 14.0 Å². The van der Waals surface area contributed by atoms with Gasteiger partial charge >= 0.3 is 0 Å². The fourth-order valence-corrected chi connectivity index (χ4v) is 4.68. The summed E-state index contributed by atoms with van der Waals surface area (Å²) in [4.78, 5) is 31.6. The van der Waals surface area contributed by atoms with E-state index in [1.807, 2.05) is 17.5 Å². The Balaban J connectivity index is 1.70. The third kappa shape index (κ3) is 4.55. The molecule has 0 bridgehead atoms. The Morgan fingerprint density at radius 3 is 2.77 bits per heavy atom. The number of nitrogens with one attached hydrogen (secondary N) is 1. The van der Waals surface area contributed by atoms with Gasteiger partial charge in [-0.1, -0.05) is 36.0 Å². The first kappa shape index (κ1) is 21.3. The largest absolute Gasteiger partial charge is 0.350 e. The normalized spacial score (nSPS) is 12.1. The van der Waals surface area contributed by atoms with Crippen molar-refractivity contribution < 1.29 is 9.18 Å². The Kier molecular flexibility index (Phi) is 6.20. The number of hydrogen-bond acceptors (Lipinski definition) is 5. The SMILES string of the molecule is Cc1ccc(-n2c(SC(C)C(=O)NCc3cccs3)nc3ccccc3c2=O)cc1F. The summed E-state index contributed by atoms with van der Waals surface area (Å²) in [6.07, 6.45) is 0. The fraction of sp³-hybridized carbons (Fsp3) is 0.174. The lowest BCUT2D eigenvalue weighted by molar-refractivity contribution is -0.120. The minimum atomic E-state index is -0.505. The molecule has 0 spiro atoms. The van der Waals surface area contributed by atoms with Gasteiger partial charge in [-0.25, -0.2) is 9.37 Å². The number of fused-ring (bicyclic) bond motifs is 1. The predicted octanol–water partition coefficient (Wildman–Crippen LogP) is 4.69. The quantitative estimate of drug-likeness (QED) is 0.340. The number of aromatic nitrogens is 2. The van der Waals surface area contributed by atoms with Crippen LogP contribution in [0.5, 0.6) is 0 Å². The van der Waals surface area contributed by atoms with E-state index in [1.165, 1.54) is 22.4 Å². The highest BCUT2D eigenvalue weighted by Crippen LogP contribution is 2.26. The van der Waals surface area contributed by atoms with Gasteiger partial charge < -0.3 is 5.32 Å². The van der Waals surface area contributed by atoms with E-state index in [4.69, 9.17) is 0 Å². The second kappa shape index (κ2) is 9.03. The van der Waals surface area contributed by atoms with Crippen molar-refractivity contribution in [1.82, 2.24) is 14.9 Å². The number of benzene rings is 2. The van der Waals surface area contributed by atoms with E-state index >= 15 is 0 Å². The van der Waals surface area contributed by atoms with Crippen LogP contribution in [0.1, 0.15) is 17.4 Å². The number of thioether (sulfide) groups is 1. The summed E-state index contributed by atoms with van der Waals surface area (Å²) >= 11 is 2.74. The van der Waals surface area contributed by atoms with Gasteiger partial charge in [0.1, 0.15) is 5.82 Å². The van der Waals surface area contributed by atoms with E-state index in [0.29, 0.717) is 33.9 Å². The molecule has 0 aliphatic rings. The molecule has 1 amide bonds. The van der Waals surface area contributed by atoms with Crippen molar-refractivity contribution in [1.29, 1.82) is 0 Å². The average molecular weight is 454 g/mol. The molecule has 4 rings (SSSR count). The molecule has 0 aliphatic heterocycles. The maximum Gasteiger partial charge on any atom is 0.266 e. The number of para-hydroxylation sites is 1. The van der Waals surface area contributed by atoms with Crippen LogP contribution in [0.15, 0.2) is 69.9 Å². The molecule has 2 aromatic carbocycles. The third-order valence-electron chi connectivity index (χ3n) is 4.83. The van der Waals surface area contributed by atoms with Crippen LogP contribution in [0, 0.1) is 12.7 Å². The number of nitrogens with zero attached hydrogens (tertiary/aromatic N) is 2. The van der Waals surface area contributed by atoms with Crippen molar-refractivity contribution in [3.63, 3.8) is 0 Å². The first-order chi connectivity index (χ1) is 14.9. The molecule has 1 atom stereocenters. The second-order valence-electron chi connectivity index (χ2n) is 7.04. The monoisotopic (exact) mass is 453 g/mol. The van der Waals surface area contributed by atoms with Crippen LogP contribution in [-0.4, -0.2) is 20.7 Å². The van der Waals surface area contributed by atoms with Crippen LogP contribution in [0.4, 0.5) is 4.39 Å². The maximum absolute atomic E-state index is 14.3. The highest BCUT2D eigenvalue weighted by atomic mass is 32.2. The van der Waals surface area contributed by atoms with Crippen LogP contribution in [0.25, 0.3) is 16.6 Å². The summed E-state index contributed by atoms with van der Waals surface area (Å²) in [5, 5.41) is 5.13. The Morgan fingerprint density at radius 1 is 1.23 bits per heavy atom. The summed E-state index contributed by atoms with van der Waals surface area (Å²) < 4.78 is 15.6. The first-order valence-electron chi connectivity index (χ1n) is 9.69. The third-order valence-corrected chi connectivity index (χ3v) is 6.76. The van der Waals surface area contributed by atoms with E-state index in [-0.39, 0.29) is 11.5 Å². The topological polar surface area (TPSA) is 64.0 Å². The zero-order chi connectivity index (χ0) is 22.0. The van der Waals surface area contributed by atoms with Crippen LogP contribution in [-0.2, 0) is 11.3 Å². The Labute approximate surface area is 187 Å². The lowest BCUT2D eigenvalue weighted by atomic mass is 10.2. The molecule has 4 aromatic rings. The first-order valence-corrected chi connectivity index (χ1v) is 11.4. The van der Waals surface area contributed by atoms with E-state index < -0.39 is 11.1 Å². The average Bonchev–Trinajstić information content (AvgIpc) is 3.28. The van der Waals surface area contributed by atoms with Gasteiger partial charge in [0, 0.05) is 4.88 Å². The molecule has 31 heavy (non-hydrogen) atoms. The standard InChI is InChI=1S/C23H20FN3O2S2/c1-14-9-10-16(12-19(14)24)27-22(29)18-7-3-4-8-20(18)26-23(27)31-15(2)21(28)25-13-17-6-5-11-30-17/h3-12,15H,13H2,1-2H3,(H,25,28). The highest BCUT2D eigenvalue weighted by Gasteiger charge is 2.20. The molecule has 0 saturated carbocycles. The number of carbonyl (C=O) groups is 1. The van der Waals surface area contributed by atoms with Crippen molar-refractivity contribution in [2.24, 2.45) is 0 Å². The van der Waals surface area contributed by atoms with E-state index in [2.05, 4.69) is 10.3 Å².